The summed E-state index contributed by atoms with van der Waals surface area (Å²) in [6, 6.07) is 2.03. The third-order valence-electron chi connectivity index (χ3n) is 9.46. The summed E-state index contributed by atoms with van der Waals surface area (Å²) < 4.78 is 22.5. The van der Waals surface area contributed by atoms with Crippen molar-refractivity contribution >= 4 is 29.8 Å². The number of carboxylic acid groups (broad SMARTS) is 2. The summed E-state index contributed by atoms with van der Waals surface area (Å²) in [6.07, 6.45) is -2.40. The summed E-state index contributed by atoms with van der Waals surface area (Å²) >= 11 is 0. The van der Waals surface area contributed by atoms with Gasteiger partial charge in [-0.25, -0.2) is 9.59 Å². The van der Waals surface area contributed by atoms with E-state index in [9.17, 15) is 34.2 Å². The highest BCUT2D eigenvalue weighted by molar-refractivity contribution is 5.90. The lowest BCUT2D eigenvalue weighted by Crippen LogP contribution is -2.69. The smallest absolute Gasteiger partial charge is 0.340 e. The van der Waals surface area contributed by atoms with E-state index < -0.39 is 78.0 Å². The molecule has 1 spiro atoms. The van der Waals surface area contributed by atoms with Gasteiger partial charge in [-0.1, -0.05) is 13.0 Å². The van der Waals surface area contributed by atoms with E-state index in [1.165, 1.54) is 7.11 Å². The number of nitrogens with one attached hydrogen (secondary N) is 1. The zero-order chi connectivity index (χ0) is 32.1. The second-order valence-corrected chi connectivity index (χ2v) is 11.9. The molecule has 238 valence electrons. The Labute approximate surface area is 251 Å². The molecule has 1 saturated carbocycles. The normalized spacial score (nSPS) is 29.5. The second-order valence-electron chi connectivity index (χ2n) is 11.9. The van der Waals surface area contributed by atoms with Gasteiger partial charge in [-0.3, -0.25) is 14.4 Å². The van der Waals surface area contributed by atoms with Crippen LogP contribution in [0.2, 0.25) is 0 Å². The molecule has 14 nitrogen and oxygen atoms in total. The molecule has 0 saturated heterocycles. The lowest BCUT2D eigenvalue weighted by Gasteiger charge is -2.61. The Kier molecular flexibility index (Phi) is 8.10. The second kappa shape index (κ2) is 11.4. The summed E-state index contributed by atoms with van der Waals surface area (Å²) in [5.41, 5.74) is -0.193. The Balaban J connectivity index is 1.28. The van der Waals surface area contributed by atoms with Crippen molar-refractivity contribution in [3.8, 4) is 11.5 Å². The molecule has 5 N–H and O–H groups in total. The molecule has 1 amide bonds. The predicted molar refractivity (Wildman–Crippen MR) is 146 cm³/mol. The minimum Gasteiger partial charge on any atom is -0.493 e. The topological polar surface area (TPSA) is 215 Å². The van der Waals surface area contributed by atoms with E-state index in [1.807, 2.05) is 17.4 Å². The van der Waals surface area contributed by atoms with Gasteiger partial charge in [0.25, 0.3) is 5.91 Å². The number of rotatable bonds is 11. The maximum Gasteiger partial charge on any atom is 0.340 e. The van der Waals surface area contributed by atoms with Crippen molar-refractivity contribution in [1.29, 1.82) is 0 Å². The summed E-state index contributed by atoms with van der Waals surface area (Å²) in [7, 11) is 1.51. The molecule has 5 rings (SSSR count). The molecule has 44 heavy (non-hydrogen) atoms. The van der Waals surface area contributed by atoms with Crippen LogP contribution in [0, 0.1) is 11.8 Å². The van der Waals surface area contributed by atoms with Crippen LogP contribution in [0.1, 0.15) is 57.1 Å². The van der Waals surface area contributed by atoms with Gasteiger partial charge in [0.15, 0.2) is 29.8 Å². The van der Waals surface area contributed by atoms with Crippen LogP contribution < -0.4 is 14.8 Å². The lowest BCUT2D eigenvalue weighted by atomic mass is 9.45. The molecule has 0 radical (unpaired) electrons. The first kappa shape index (κ1) is 31.3. The highest BCUT2D eigenvalue weighted by Crippen LogP contribution is 2.68. The van der Waals surface area contributed by atoms with Crippen molar-refractivity contribution in [2.24, 2.45) is 11.8 Å². The summed E-state index contributed by atoms with van der Waals surface area (Å²) in [6.45, 7) is 3.24. The first-order valence-corrected chi connectivity index (χ1v) is 14.4. The summed E-state index contributed by atoms with van der Waals surface area (Å²) in [4.78, 5) is 59.6. The molecule has 3 aliphatic carbocycles. The number of amides is 1. The molecule has 1 aromatic carbocycles. The quantitative estimate of drug-likeness (QED) is 0.215. The molecule has 1 aromatic rings. The Morgan fingerprint density at radius 3 is 2.55 bits per heavy atom. The largest absolute Gasteiger partial charge is 0.493 e. The molecule has 1 aliphatic heterocycles. The Morgan fingerprint density at radius 1 is 1.16 bits per heavy atom. The van der Waals surface area contributed by atoms with Gasteiger partial charge in [0, 0.05) is 5.56 Å². The minimum absolute atomic E-state index is 0.0582. The number of esters is 2. The van der Waals surface area contributed by atoms with Crippen molar-refractivity contribution in [2.75, 3.05) is 7.11 Å². The van der Waals surface area contributed by atoms with E-state index in [4.69, 9.17) is 29.2 Å². The van der Waals surface area contributed by atoms with E-state index in [0.29, 0.717) is 24.3 Å². The highest BCUT2D eigenvalue weighted by atomic mass is 16.6. The van der Waals surface area contributed by atoms with Crippen molar-refractivity contribution < 1.29 is 63.3 Å². The first-order valence-electron chi connectivity index (χ1n) is 14.4. The number of carbonyl (C=O) groups excluding carboxylic acids is 3. The maximum atomic E-state index is 13.0. The van der Waals surface area contributed by atoms with Crippen LogP contribution in [0.4, 0.5) is 0 Å². The molecule has 1 fully saturated rings. The van der Waals surface area contributed by atoms with Gasteiger partial charge in [-0.15, -0.1) is 0 Å². The molecule has 8 atom stereocenters. The number of aliphatic carboxylic acids is 2. The molecule has 0 aromatic heterocycles. The third kappa shape index (κ3) is 4.95. The summed E-state index contributed by atoms with van der Waals surface area (Å²) in [5.74, 6) is -5.24. The van der Waals surface area contributed by atoms with Crippen LogP contribution in [0.3, 0.4) is 0 Å². The predicted octanol–water partition coefficient (Wildman–Crippen LogP) is 0.585. The number of benzene rings is 1. The van der Waals surface area contributed by atoms with E-state index in [-0.39, 0.29) is 24.0 Å². The van der Waals surface area contributed by atoms with Crippen molar-refractivity contribution in [2.45, 2.75) is 87.7 Å². The van der Waals surface area contributed by atoms with Gasteiger partial charge in [0.1, 0.15) is 11.8 Å². The van der Waals surface area contributed by atoms with Gasteiger partial charge < -0.3 is 44.7 Å². The highest BCUT2D eigenvalue weighted by Gasteiger charge is 2.72. The summed E-state index contributed by atoms with van der Waals surface area (Å²) in [5, 5.41) is 42.6. The molecular weight excluding hydrogens is 582 g/mol. The standard InChI is InChI=1S/C30H35NO13/c1-13-6-8-29-23-15-4-5-19(41-3)24(23)44-25(29)20(7-9-30(29,40)16(13)10-15)43-28(39)18(32)12-22(35)42-14(2)26(36)31-17(27(37)38)11-21(33)34/h4-5,7,13-14,16-18,25,32,40H,6,8-12H2,1-3H3,(H,31,36)(H,33,34)(H,37,38)/t13?,14-,16-,17-,18-,25-,29-,30+/m0/s1. The van der Waals surface area contributed by atoms with Gasteiger partial charge in [0.05, 0.1) is 31.0 Å². The van der Waals surface area contributed by atoms with Crippen molar-refractivity contribution in [3.63, 3.8) is 0 Å². The number of hydrogen-bond acceptors (Lipinski definition) is 11. The zero-order valence-corrected chi connectivity index (χ0v) is 24.4. The number of aliphatic hydroxyl groups is 2. The zero-order valence-electron chi connectivity index (χ0n) is 24.4. The lowest BCUT2D eigenvalue weighted by molar-refractivity contribution is -0.174. The third-order valence-corrected chi connectivity index (χ3v) is 9.46. The number of ether oxygens (including phenoxy) is 4. The van der Waals surface area contributed by atoms with Gasteiger partial charge >= 0.3 is 23.9 Å². The van der Waals surface area contributed by atoms with Crippen molar-refractivity contribution in [3.05, 3.63) is 35.1 Å². The SMILES string of the molecule is COc1ccc2c3c1O[C@H]1C(OC(=O)[C@@H](O)CC(=O)O[C@@H](C)C(=O)N[C@@H](CC(=O)O)C(=O)O)=CC[C@@]4(O)[C@@H](C2)C(C)CC[C@]314. The fourth-order valence-corrected chi connectivity index (χ4v) is 7.35. The average Bonchev–Trinajstić information content (AvgIpc) is 3.31. The molecule has 14 heteroatoms. The van der Waals surface area contributed by atoms with E-state index >= 15 is 0 Å². The minimum atomic E-state index is -1.99. The van der Waals surface area contributed by atoms with Crippen LogP contribution >= 0.6 is 0 Å². The maximum absolute atomic E-state index is 13.0. The van der Waals surface area contributed by atoms with Crippen LogP contribution in [0.15, 0.2) is 24.0 Å². The Hall–Kier alpha value is -4.17. The van der Waals surface area contributed by atoms with Crippen LogP contribution in [0.5, 0.6) is 11.5 Å². The molecular formula is C30H35NO13. The molecule has 1 heterocycles. The van der Waals surface area contributed by atoms with Crippen LogP contribution in [-0.2, 0) is 45.3 Å². The molecule has 1 unspecified atom stereocenters. The Morgan fingerprint density at radius 2 is 1.89 bits per heavy atom. The number of aliphatic hydroxyl groups excluding tert-OH is 1. The van der Waals surface area contributed by atoms with E-state index in [1.54, 1.807) is 6.08 Å². The van der Waals surface area contributed by atoms with Gasteiger partial charge in [-0.2, -0.15) is 0 Å². The molecule has 4 aliphatic rings. The van der Waals surface area contributed by atoms with E-state index in [2.05, 4.69) is 6.92 Å². The van der Waals surface area contributed by atoms with Crippen LogP contribution in [-0.4, -0.2) is 87.3 Å². The monoisotopic (exact) mass is 617 g/mol. The van der Waals surface area contributed by atoms with Crippen LogP contribution in [0.25, 0.3) is 0 Å². The van der Waals surface area contributed by atoms with Gasteiger partial charge in [0.2, 0.25) is 0 Å². The van der Waals surface area contributed by atoms with E-state index in [0.717, 1.165) is 24.5 Å². The number of methoxy groups -OCH3 is 1. The number of carbonyl (C=O) groups is 5. The molecule has 2 bridgehead atoms. The number of carboxylic acids is 2. The van der Waals surface area contributed by atoms with Gasteiger partial charge in [-0.05, 0) is 62.1 Å². The first-order chi connectivity index (χ1) is 20.7. The average molecular weight is 618 g/mol. The Bertz CT molecular complexity index is 1440. The fraction of sp³-hybridized carbons (Fsp3) is 0.567. The number of hydrogen-bond donors (Lipinski definition) is 5. The van der Waals surface area contributed by atoms with Crippen molar-refractivity contribution in [1.82, 2.24) is 5.32 Å². The fourth-order valence-electron chi connectivity index (χ4n) is 7.35.